The van der Waals surface area contributed by atoms with Gasteiger partial charge in [-0.25, -0.2) is 4.98 Å². The number of carbonyl (C=O) groups excluding carboxylic acids is 4. The number of hydrogen-bond donors (Lipinski definition) is 2. The van der Waals surface area contributed by atoms with Gasteiger partial charge in [0.2, 0.25) is 17.7 Å². The van der Waals surface area contributed by atoms with E-state index in [0.717, 1.165) is 16.7 Å². The molecule has 2 N–H and O–H groups in total. The van der Waals surface area contributed by atoms with E-state index in [1.54, 1.807) is 30.3 Å². The smallest absolute Gasteiger partial charge is 0.307 e. The van der Waals surface area contributed by atoms with Gasteiger partial charge in [0.05, 0.1) is 32.0 Å². The largest absolute Gasteiger partial charge is 0.480 e. The molecule has 3 amide bonds. The van der Waals surface area contributed by atoms with Crippen LogP contribution in [0.25, 0.3) is 0 Å². The lowest BCUT2D eigenvalue weighted by Gasteiger charge is -2.41. The van der Waals surface area contributed by atoms with Crippen LogP contribution in [0.3, 0.4) is 0 Å². The van der Waals surface area contributed by atoms with Gasteiger partial charge < -0.3 is 25.0 Å². The zero-order chi connectivity index (χ0) is 30.8. The Bertz CT molecular complexity index is 1450. The molecule has 0 fully saturated rings. The van der Waals surface area contributed by atoms with Gasteiger partial charge in [0.15, 0.2) is 0 Å². The molecule has 0 saturated heterocycles. The van der Waals surface area contributed by atoms with Crippen LogP contribution >= 0.6 is 0 Å². The Morgan fingerprint density at radius 3 is 2.44 bits per heavy atom. The van der Waals surface area contributed by atoms with Crippen molar-refractivity contribution in [1.29, 1.82) is 0 Å². The number of likely N-dealkylation sites (N-methyl/N-ethyl adjacent to an activating group) is 1. The fourth-order valence-electron chi connectivity index (χ4n) is 5.73. The van der Waals surface area contributed by atoms with E-state index < -0.39 is 17.3 Å². The van der Waals surface area contributed by atoms with E-state index in [4.69, 9.17) is 9.47 Å². The summed E-state index contributed by atoms with van der Waals surface area (Å²) < 4.78 is 9.88. The predicted molar refractivity (Wildman–Crippen MR) is 161 cm³/mol. The summed E-state index contributed by atoms with van der Waals surface area (Å²) in [6, 6.07) is 20.5. The molecule has 1 aromatic heterocycles. The van der Waals surface area contributed by atoms with Crippen molar-refractivity contribution >= 4 is 23.7 Å². The van der Waals surface area contributed by atoms with E-state index in [2.05, 4.69) is 15.6 Å². The number of methoxy groups -OCH3 is 2. The van der Waals surface area contributed by atoms with Crippen LogP contribution in [-0.2, 0) is 24.5 Å². The summed E-state index contributed by atoms with van der Waals surface area (Å²) in [4.78, 5) is 57.7. The summed E-state index contributed by atoms with van der Waals surface area (Å²) in [7, 11) is 4.54. The summed E-state index contributed by atoms with van der Waals surface area (Å²) in [5.74, 6) is -1.11. The highest BCUT2D eigenvalue weighted by atomic mass is 16.5. The molecule has 0 saturated carbocycles. The SMILES string of the molecule is COC(=O)CCNC(=O)C1(c2ccccc2)CC[C@@H](C(=O)N(C)CCCNC(=O)c2cccnc2OC)c2ccccc21. The quantitative estimate of drug-likeness (QED) is 0.247. The van der Waals surface area contributed by atoms with Crippen molar-refractivity contribution in [1.82, 2.24) is 20.5 Å². The van der Waals surface area contributed by atoms with Crippen LogP contribution in [0.15, 0.2) is 72.9 Å². The normalized spacial score (nSPS) is 17.2. The Balaban J connectivity index is 1.48. The van der Waals surface area contributed by atoms with Crippen LogP contribution in [-0.4, -0.2) is 74.5 Å². The van der Waals surface area contributed by atoms with Gasteiger partial charge in [-0.2, -0.15) is 0 Å². The number of amides is 3. The fourth-order valence-corrected chi connectivity index (χ4v) is 5.73. The van der Waals surface area contributed by atoms with Gasteiger partial charge in [-0.3, -0.25) is 19.2 Å². The molecule has 10 nitrogen and oxygen atoms in total. The lowest BCUT2D eigenvalue weighted by molar-refractivity contribution is -0.140. The minimum atomic E-state index is -1.01. The minimum Gasteiger partial charge on any atom is -0.480 e. The highest BCUT2D eigenvalue weighted by molar-refractivity contribution is 5.96. The lowest BCUT2D eigenvalue weighted by atomic mass is 9.62. The molecule has 1 aliphatic rings. The second-order valence-electron chi connectivity index (χ2n) is 10.5. The molecule has 0 spiro atoms. The topological polar surface area (TPSA) is 127 Å². The number of rotatable bonds is 12. The van der Waals surface area contributed by atoms with Crippen LogP contribution in [0.4, 0.5) is 0 Å². The first-order valence-corrected chi connectivity index (χ1v) is 14.4. The third kappa shape index (κ3) is 6.85. The molecule has 10 heteroatoms. The Morgan fingerprint density at radius 1 is 0.953 bits per heavy atom. The molecule has 2 atom stereocenters. The Hall–Kier alpha value is -4.73. The molecule has 1 aliphatic carbocycles. The van der Waals surface area contributed by atoms with Gasteiger partial charge in [0, 0.05) is 32.9 Å². The molecular weight excluding hydrogens is 548 g/mol. The van der Waals surface area contributed by atoms with E-state index in [1.165, 1.54) is 14.2 Å². The van der Waals surface area contributed by atoms with Crippen LogP contribution in [0.5, 0.6) is 5.88 Å². The number of aromatic nitrogens is 1. The number of nitrogens with one attached hydrogen (secondary N) is 2. The fraction of sp³-hybridized carbons (Fsp3) is 0.364. The molecule has 4 rings (SSSR count). The molecule has 0 aliphatic heterocycles. The van der Waals surface area contributed by atoms with E-state index in [0.29, 0.717) is 37.9 Å². The molecule has 0 radical (unpaired) electrons. The van der Waals surface area contributed by atoms with E-state index >= 15 is 0 Å². The average molecular weight is 587 g/mol. The molecule has 0 bridgehead atoms. The highest BCUT2D eigenvalue weighted by Crippen LogP contribution is 2.47. The van der Waals surface area contributed by atoms with Crippen molar-refractivity contribution in [3.8, 4) is 5.88 Å². The second-order valence-corrected chi connectivity index (χ2v) is 10.5. The highest BCUT2D eigenvalue weighted by Gasteiger charge is 2.48. The maximum absolute atomic E-state index is 13.9. The third-order valence-electron chi connectivity index (χ3n) is 7.94. The zero-order valence-corrected chi connectivity index (χ0v) is 24.8. The van der Waals surface area contributed by atoms with Gasteiger partial charge in [0.1, 0.15) is 5.56 Å². The molecular formula is C33H38N4O6. The van der Waals surface area contributed by atoms with Gasteiger partial charge >= 0.3 is 5.97 Å². The number of fused-ring (bicyclic) bond motifs is 1. The summed E-state index contributed by atoms with van der Waals surface area (Å²) in [6.07, 6.45) is 3.07. The monoisotopic (exact) mass is 586 g/mol. The number of hydrogen-bond acceptors (Lipinski definition) is 7. The van der Waals surface area contributed by atoms with Crippen molar-refractivity contribution < 1.29 is 28.7 Å². The Kier molecular flexibility index (Phi) is 10.5. The summed E-state index contributed by atoms with van der Waals surface area (Å²) in [5, 5.41) is 5.81. The van der Waals surface area contributed by atoms with Crippen LogP contribution < -0.4 is 15.4 Å². The standard InChI is InChI=1S/C33H38N4O6/c1-37(22-10-20-34-29(39)26-14-9-19-35-30(26)43-3)31(40)25-16-18-33(23-11-5-4-6-12-23,27-15-8-7-13-24(25)27)32(41)36-21-17-28(38)42-2/h4-9,11-15,19,25H,10,16-18,20-22H2,1-3H3,(H,34,39)(H,36,41)/t25-,33?/m1/s1. The first-order valence-electron chi connectivity index (χ1n) is 14.4. The Morgan fingerprint density at radius 2 is 1.70 bits per heavy atom. The molecule has 3 aromatic rings. The first kappa shape index (κ1) is 31.2. The number of carbonyl (C=O) groups is 4. The van der Waals surface area contributed by atoms with Crippen molar-refractivity contribution in [2.24, 2.45) is 0 Å². The van der Waals surface area contributed by atoms with Crippen molar-refractivity contribution in [3.63, 3.8) is 0 Å². The van der Waals surface area contributed by atoms with Crippen molar-refractivity contribution in [2.45, 2.75) is 37.0 Å². The van der Waals surface area contributed by atoms with Crippen molar-refractivity contribution in [2.75, 3.05) is 40.9 Å². The van der Waals surface area contributed by atoms with Crippen LogP contribution in [0, 0.1) is 0 Å². The zero-order valence-electron chi connectivity index (χ0n) is 24.8. The van der Waals surface area contributed by atoms with Gasteiger partial charge in [-0.1, -0.05) is 54.6 Å². The van der Waals surface area contributed by atoms with E-state index in [1.807, 2.05) is 54.6 Å². The molecule has 1 heterocycles. The van der Waals surface area contributed by atoms with E-state index in [-0.39, 0.29) is 36.6 Å². The maximum atomic E-state index is 13.9. The molecule has 1 unspecified atom stereocenters. The lowest BCUT2D eigenvalue weighted by Crippen LogP contribution is -2.49. The number of ether oxygens (including phenoxy) is 2. The average Bonchev–Trinajstić information content (AvgIpc) is 3.05. The van der Waals surface area contributed by atoms with Gasteiger partial charge in [0.25, 0.3) is 5.91 Å². The predicted octanol–water partition coefficient (Wildman–Crippen LogP) is 3.21. The number of esters is 1. The summed E-state index contributed by atoms with van der Waals surface area (Å²) in [5.41, 5.74) is 1.77. The summed E-state index contributed by atoms with van der Waals surface area (Å²) >= 11 is 0. The van der Waals surface area contributed by atoms with Gasteiger partial charge in [-0.15, -0.1) is 0 Å². The number of nitrogens with zero attached hydrogens (tertiary/aromatic N) is 2. The van der Waals surface area contributed by atoms with Gasteiger partial charge in [-0.05, 0) is 48.1 Å². The minimum absolute atomic E-state index is 0.0412. The van der Waals surface area contributed by atoms with Crippen molar-refractivity contribution in [3.05, 3.63) is 95.2 Å². The number of benzene rings is 2. The maximum Gasteiger partial charge on any atom is 0.307 e. The molecule has 226 valence electrons. The molecule has 2 aromatic carbocycles. The summed E-state index contributed by atoms with van der Waals surface area (Å²) in [6.45, 7) is 0.968. The second kappa shape index (κ2) is 14.4. The Labute approximate surface area is 251 Å². The first-order chi connectivity index (χ1) is 20.8. The van der Waals surface area contributed by atoms with E-state index in [9.17, 15) is 19.2 Å². The van der Waals surface area contributed by atoms with Crippen LogP contribution in [0.1, 0.15) is 58.6 Å². The third-order valence-corrected chi connectivity index (χ3v) is 7.94. The molecule has 43 heavy (non-hydrogen) atoms. The van der Waals surface area contributed by atoms with Crippen LogP contribution in [0.2, 0.25) is 0 Å². The number of pyridine rings is 1.